The highest BCUT2D eigenvalue weighted by molar-refractivity contribution is 8.01. The van der Waals surface area contributed by atoms with Crippen molar-refractivity contribution in [2.24, 2.45) is 5.92 Å². The summed E-state index contributed by atoms with van der Waals surface area (Å²) in [6.07, 6.45) is 2.05. The summed E-state index contributed by atoms with van der Waals surface area (Å²) >= 11 is 5.94. The number of nitrogens with zero attached hydrogens (tertiary/aromatic N) is 3. The Morgan fingerprint density at radius 1 is 1.28 bits per heavy atom. The molecule has 3 aliphatic heterocycles. The Morgan fingerprint density at radius 3 is 2.64 bits per heavy atom. The van der Waals surface area contributed by atoms with Crippen molar-refractivity contribution < 1.29 is 28.0 Å². The largest absolute Gasteiger partial charge is 0.435 e. The van der Waals surface area contributed by atoms with E-state index in [1.165, 1.54) is 12.1 Å². The van der Waals surface area contributed by atoms with Gasteiger partial charge in [0, 0.05) is 49.1 Å². The van der Waals surface area contributed by atoms with Gasteiger partial charge < -0.3 is 19.5 Å². The van der Waals surface area contributed by atoms with E-state index in [9.17, 15) is 18.5 Å². The summed E-state index contributed by atoms with van der Waals surface area (Å²) in [4.78, 5) is 18.2. The molecular formula is C25H33ClFN3O5S. The lowest BCUT2D eigenvalue weighted by Crippen LogP contribution is -2.60. The minimum absolute atomic E-state index is 0.0148. The molecule has 1 aromatic rings. The van der Waals surface area contributed by atoms with Crippen LogP contribution < -0.4 is 0 Å². The molecule has 36 heavy (non-hydrogen) atoms. The molecule has 2 aliphatic carbocycles. The number of hydrogen-bond donors (Lipinski definition) is 1. The van der Waals surface area contributed by atoms with Crippen LogP contribution in [0.5, 0.6) is 0 Å². The van der Waals surface area contributed by atoms with Crippen LogP contribution in [-0.4, -0.2) is 104 Å². The van der Waals surface area contributed by atoms with Crippen LogP contribution in [0.25, 0.3) is 0 Å². The van der Waals surface area contributed by atoms with E-state index in [0.717, 1.165) is 12.8 Å². The van der Waals surface area contributed by atoms with Crippen LogP contribution in [0.1, 0.15) is 33.1 Å². The minimum Gasteiger partial charge on any atom is -0.435 e. The average molecular weight is 542 g/mol. The molecule has 4 fully saturated rings. The predicted molar refractivity (Wildman–Crippen MR) is 134 cm³/mol. The molecule has 0 spiro atoms. The number of rotatable bonds is 5. The number of carbonyl (C=O) groups excluding carboxylic acids is 1. The lowest BCUT2D eigenvalue weighted by molar-refractivity contribution is -0.0654. The molecule has 11 heteroatoms. The van der Waals surface area contributed by atoms with Gasteiger partial charge in [-0.2, -0.15) is 0 Å². The maximum atomic E-state index is 14.9. The predicted octanol–water partition coefficient (Wildman–Crippen LogP) is 2.37. The normalized spacial score (nSPS) is 34.9. The second kappa shape index (κ2) is 8.54. The lowest BCUT2D eigenvalue weighted by atomic mass is 10.0. The first kappa shape index (κ1) is 24.9. The van der Waals surface area contributed by atoms with Crippen molar-refractivity contribution in [3.8, 4) is 0 Å². The van der Waals surface area contributed by atoms with Gasteiger partial charge in [0.1, 0.15) is 5.82 Å². The van der Waals surface area contributed by atoms with E-state index < -0.39 is 27.2 Å². The van der Waals surface area contributed by atoms with E-state index in [4.69, 9.17) is 21.1 Å². The molecule has 6 rings (SSSR count). The fourth-order valence-electron chi connectivity index (χ4n) is 6.06. The highest BCUT2D eigenvalue weighted by atomic mass is 35.5. The topological polar surface area (TPSA) is 82.6 Å². The summed E-state index contributed by atoms with van der Waals surface area (Å²) in [5, 5.41) is 9.66. The van der Waals surface area contributed by atoms with Gasteiger partial charge in [-0.1, -0.05) is 11.6 Å². The number of amides is 1. The molecule has 1 aromatic carbocycles. The standard InChI is InChI=1S/C25H33ClFN3O5S/c1-24(2,15-31)29-9-7-28(8-10-29)23(32)35-25-12-22(25)36(33,17-5-6-18(26)19(27)11-17)30-20(16-3-4-16)13-34-14-21(25)30/h5-6,11,16,20-21,31H,3-4,7-10,12-15H2,1-2H3/t20-,21+,25?,36?/m0/s1. The third-order valence-electron chi connectivity index (χ3n) is 8.56. The highest BCUT2D eigenvalue weighted by Crippen LogP contribution is 2.56. The van der Waals surface area contributed by atoms with Crippen molar-refractivity contribution in [1.29, 1.82) is 0 Å². The number of morpholine rings is 1. The molecule has 5 aliphatic rings. The molecule has 4 atom stereocenters. The number of hydrogen-bond acceptors (Lipinski definition) is 6. The molecule has 1 N–H and O–H groups in total. The second-order valence-corrected chi connectivity index (χ2v) is 14.1. The molecule has 0 aromatic heterocycles. The third kappa shape index (κ3) is 3.71. The molecule has 8 nitrogen and oxygen atoms in total. The first-order valence-corrected chi connectivity index (χ1v) is 14.6. The van der Waals surface area contributed by atoms with Crippen molar-refractivity contribution in [2.45, 2.75) is 61.2 Å². The monoisotopic (exact) mass is 541 g/mol. The van der Waals surface area contributed by atoms with Crippen molar-refractivity contribution in [3.05, 3.63) is 29.0 Å². The molecule has 0 bridgehead atoms. The van der Waals surface area contributed by atoms with Crippen LogP contribution in [-0.2, 0) is 19.2 Å². The number of aliphatic hydroxyl groups is 1. The van der Waals surface area contributed by atoms with E-state index in [0.29, 0.717) is 61.5 Å². The van der Waals surface area contributed by atoms with Crippen molar-refractivity contribution in [1.82, 2.24) is 14.1 Å². The number of ether oxygens (including phenoxy) is 2. The van der Waals surface area contributed by atoms with Crippen molar-refractivity contribution >= 4 is 32.3 Å². The molecule has 2 saturated carbocycles. The van der Waals surface area contributed by atoms with Gasteiger partial charge in [0.15, 0.2) is 5.60 Å². The van der Waals surface area contributed by atoms with Gasteiger partial charge in [-0.25, -0.2) is 17.7 Å². The van der Waals surface area contributed by atoms with Crippen LogP contribution in [0.2, 0.25) is 5.02 Å². The van der Waals surface area contributed by atoms with Gasteiger partial charge in [0.2, 0.25) is 0 Å². The van der Waals surface area contributed by atoms with Gasteiger partial charge in [-0.3, -0.25) is 4.90 Å². The number of benzene rings is 1. The van der Waals surface area contributed by atoms with Crippen LogP contribution >= 0.6 is 11.6 Å². The van der Waals surface area contributed by atoms with Gasteiger partial charge in [0.25, 0.3) is 0 Å². The Bertz CT molecular complexity index is 1210. The molecule has 2 unspecified atom stereocenters. The minimum atomic E-state index is -2.96. The summed E-state index contributed by atoms with van der Waals surface area (Å²) < 4.78 is 43.6. The van der Waals surface area contributed by atoms with Gasteiger partial charge >= 0.3 is 6.09 Å². The van der Waals surface area contributed by atoms with Gasteiger partial charge in [-0.05, 0) is 50.8 Å². The Balaban J connectivity index is 1.30. The fraction of sp³-hybridized carbons (Fsp3) is 0.680. The van der Waals surface area contributed by atoms with Gasteiger partial charge in [-0.15, -0.1) is 0 Å². The van der Waals surface area contributed by atoms with Gasteiger partial charge in [0.05, 0.1) is 45.5 Å². The van der Waals surface area contributed by atoms with E-state index in [1.54, 1.807) is 11.0 Å². The highest BCUT2D eigenvalue weighted by Gasteiger charge is 2.73. The van der Waals surface area contributed by atoms with E-state index in [1.807, 2.05) is 18.2 Å². The molecule has 1 amide bonds. The molecule has 2 saturated heterocycles. The molecule has 198 valence electrons. The first-order chi connectivity index (χ1) is 17.1. The molecule has 3 heterocycles. The number of aliphatic hydroxyl groups excluding tert-OH is 1. The Kier molecular flexibility index (Phi) is 5.90. The van der Waals surface area contributed by atoms with Crippen LogP contribution in [0.15, 0.2) is 23.1 Å². The SMILES string of the molecule is CC(C)(CO)N1CCN(C(=O)OC23CC2=S(=O)(c2ccc(Cl)c(F)c2)N2[C@H](C4CC4)COC[C@@H]23)CC1. The lowest BCUT2D eigenvalue weighted by Gasteiger charge is -2.44. The Labute approximate surface area is 216 Å². The van der Waals surface area contributed by atoms with Crippen LogP contribution in [0, 0.1) is 11.7 Å². The molecule has 0 radical (unpaired) electrons. The van der Waals surface area contributed by atoms with E-state index in [2.05, 4.69) is 4.90 Å². The van der Waals surface area contributed by atoms with Crippen molar-refractivity contribution in [3.63, 3.8) is 0 Å². The van der Waals surface area contributed by atoms with Crippen LogP contribution in [0.4, 0.5) is 9.18 Å². The Hall–Kier alpha value is -1.43. The maximum absolute atomic E-state index is 14.9. The fourth-order valence-corrected chi connectivity index (χ4v) is 9.73. The zero-order chi connectivity index (χ0) is 25.5. The number of carbonyl (C=O) groups is 1. The zero-order valence-electron chi connectivity index (χ0n) is 20.6. The summed E-state index contributed by atoms with van der Waals surface area (Å²) in [5.74, 6) is -0.233. The van der Waals surface area contributed by atoms with Crippen molar-refractivity contribution in [2.75, 3.05) is 46.0 Å². The number of fused-ring (bicyclic) bond motifs is 3. The second-order valence-electron chi connectivity index (χ2n) is 11.2. The molecular weight excluding hydrogens is 509 g/mol. The summed E-state index contributed by atoms with van der Waals surface area (Å²) in [6, 6.07) is 3.93. The zero-order valence-corrected chi connectivity index (χ0v) is 22.2. The van der Waals surface area contributed by atoms with E-state index in [-0.39, 0.29) is 29.3 Å². The number of halogens is 2. The first-order valence-electron chi connectivity index (χ1n) is 12.7. The smallest absolute Gasteiger partial charge is 0.410 e. The summed E-state index contributed by atoms with van der Waals surface area (Å²) in [7, 11) is -2.96. The third-order valence-corrected chi connectivity index (χ3v) is 12.0. The van der Waals surface area contributed by atoms with E-state index >= 15 is 0 Å². The maximum Gasteiger partial charge on any atom is 0.410 e. The average Bonchev–Trinajstić information content (AvgIpc) is 3.80. The Morgan fingerprint density at radius 2 is 2.00 bits per heavy atom. The number of piperazine rings is 1. The summed E-state index contributed by atoms with van der Waals surface area (Å²) in [6.45, 7) is 7.02. The summed E-state index contributed by atoms with van der Waals surface area (Å²) in [5.41, 5.74) is -1.34. The quantitative estimate of drug-likeness (QED) is 0.576. The van der Waals surface area contributed by atoms with Crippen LogP contribution in [0.3, 0.4) is 0 Å².